The largest absolute Gasteiger partial charge is 0.437 e. The van der Waals surface area contributed by atoms with Crippen LogP contribution in [0.15, 0.2) is 190 Å². The Hall–Kier alpha value is -10.8. The highest BCUT2D eigenvalue weighted by molar-refractivity contribution is 6.46. The average Bonchev–Trinajstić information content (AvgIpc) is 1.67. The van der Waals surface area contributed by atoms with Crippen molar-refractivity contribution in [3.05, 3.63) is 235 Å². The van der Waals surface area contributed by atoms with E-state index in [1.165, 1.54) is 44.3 Å². The molecule has 5 aromatic rings. The molecule has 5 saturated heterocycles. The summed E-state index contributed by atoms with van der Waals surface area (Å²) in [5.41, 5.74) is 11.0. The Balaban J connectivity index is 0.000000139. The minimum absolute atomic E-state index is 0.160. The van der Waals surface area contributed by atoms with Crippen LogP contribution in [0, 0.1) is 0 Å². The molecule has 10 aliphatic rings. The monoisotopic (exact) mass is 1520 g/mol. The zero-order chi connectivity index (χ0) is 79.9. The maximum atomic E-state index is 12.4. The van der Waals surface area contributed by atoms with E-state index in [1.807, 2.05) is 27.8 Å². The molecule has 10 heterocycles. The number of hydrogen-bond donors (Lipinski definition) is 7. The van der Waals surface area contributed by atoms with Crippen molar-refractivity contribution in [1.29, 1.82) is 0 Å². The van der Waals surface area contributed by atoms with E-state index in [1.54, 1.807) is 159 Å². The number of nitrogens with zero attached hydrogens (tertiary/aromatic N) is 10. The number of carbonyl (C=O) groups is 10. The van der Waals surface area contributed by atoms with Crippen LogP contribution in [-0.2, 0) is 9.68 Å². The number of benzene rings is 5. The molecule has 5 aromatic carbocycles. The number of amides is 10. The van der Waals surface area contributed by atoms with E-state index in [0.717, 1.165) is 79.9 Å². The number of β-amino-alcohol motifs (C(OH)–C–C–N with tert-alkyl or cyclic N) is 2. The van der Waals surface area contributed by atoms with Gasteiger partial charge in [0.1, 0.15) is 14.2 Å². The van der Waals surface area contributed by atoms with Crippen molar-refractivity contribution in [2.45, 2.75) is 71.2 Å². The molecule has 112 heavy (non-hydrogen) atoms. The van der Waals surface area contributed by atoms with Crippen LogP contribution in [0.3, 0.4) is 0 Å². The number of rotatable bonds is 15. The third kappa shape index (κ3) is 18.9. The molecule has 10 amide bonds. The standard InChI is InChI=1S/C17H20BN3O4.C16H19BN2O4.C16H19BN2O3.C16H17N3O3.C15H16N2O3/c1-18(24)20-9-7-12(15(11-20)19-25-2)8-10-21-16(22)13-5-3-4-6-14(13)17(21)23;1-17(23)18-8-6-11(14(20)10-18)7-9-19-15(21)12-4-2-3-5-13(12)16(19)22;1-17(22)18-9-6-12(7-10-18)8-11-19-15(20)13-4-2-3-5-14(13)16(19)21;1-22-18-14-10-17-8-6-11(14)7-9-19-15(20)12-4-2-3-5-13(12)16(19)21;18-13-9-16-7-5-10(13)6-8-17-14(19)11-3-1-2-4-12(11)15(17)20/h3-6,8,24H,7,9-11H2,1-2H3;2-5,7,14,20,23H,6,8-10H2,1H3;2-5,8,22H,6-7,9-11H2,1H3;2-5,7,17H,6,8-10H2,1H3;1-4,6,13,16,18H,5,7-9H2/b12-8+,19-15-;11-7+;;11-7+,18-14-;10-6+. The van der Waals surface area contributed by atoms with Gasteiger partial charge in [-0.05, 0) is 181 Å². The van der Waals surface area contributed by atoms with Crippen LogP contribution in [0.5, 0.6) is 0 Å². The summed E-state index contributed by atoms with van der Waals surface area (Å²) >= 11 is 0. The molecule has 10 aliphatic heterocycles. The summed E-state index contributed by atoms with van der Waals surface area (Å²) in [6.45, 7) is 12.9. The fraction of sp³-hybridized carbons (Fsp3) is 0.350. The highest BCUT2D eigenvalue weighted by atomic mass is 16.6. The van der Waals surface area contributed by atoms with Crippen LogP contribution in [0.4, 0.5) is 0 Å². The average molecular weight is 1530 g/mol. The first-order valence-corrected chi connectivity index (χ1v) is 37.4. The third-order valence-electron chi connectivity index (χ3n) is 21.0. The molecule has 29 nitrogen and oxygen atoms in total. The molecule has 0 aliphatic carbocycles. The Morgan fingerprint density at radius 1 is 0.384 bits per heavy atom. The number of fused-ring (bicyclic) bond motifs is 5. The Kier molecular flexibility index (Phi) is 27.9. The first-order chi connectivity index (χ1) is 54.0. The van der Waals surface area contributed by atoms with Crippen molar-refractivity contribution in [3.8, 4) is 0 Å². The number of hydrogen-bond acceptors (Lipinski definition) is 24. The normalized spacial score (nSPS) is 21.8. The first-order valence-electron chi connectivity index (χ1n) is 37.4. The van der Waals surface area contributed by atoms with Gasteiger partial charge in [-0.15, -0.1) is 0 Å². The SMILES string of the molecule is CB(O)N1CC/C(=C\CN2C(=O)c3ccccc3C2=O)C(O)C1.CB(O)N1CCC(=CCN2C(=O)c3ccccc3C2=O)CC1.CO/N=C1/CN(B(C)O)CC/C1=C\CN1C(=O)c2ccccc2C1=O.CO/N=C1/CNCC/C1=C\CN1C(=O)c2ccccc2C1=O.O=C1c2ccccc2C(=O)N1C/C=C1\CCNCC1O. The topological polar surface area (TPSA) is 365 Å². The van der Waals surface area contributed by atoms with Crippen molar-refractivity contribution < 1.29 is 82.9 Å². The second-order valence-corrected chi connectivity index (χ2v) is 28.0. The van der Waals surface area contributed by atoms with Crippen LogP contribution in [0.25, 0.3) is 0 Å². The molecule has 0 aromatic heterocycles. The van der Waals surface area contributed by atoms with Gasteiger partial charge in [-0.2, -0.15) is 0 Å². The maximum Gasteiger partial charge on any atom is 0.376 e. The van der Waals surface area contributed by atoms with Gasteiger partial charge in [-0.3, -0.25) is 72.4 Å². The first kappa shape index (κ1) is 82.2. The van der Waals surface area contributed by atoms with Crippen LogP contribution < -0.4 is 10.6 Å². The summed E-state index contributed by atoms with van der Waals surface area (Å²) in [6.07, 6.45) is 12.6. The molecule has 2 unspecified atom stereocenters. The summed E-state index contributed by atoms with van der Waals surface area (Å²) in [6, 6.07) is 34.3. The van der Waals surface area contributed by atoms with Gasteiger partial charge >= 0.3 is 21.2 Å². The molecule has 2 atom stereocenters. The van der Waals surface area contributed by atoms with Crippen molar-refractivity contribution in [1.82, 2.24) is 49.6 Å². The molecule has 0 saturated carbocycles. The van der Waals surface area contributed by atoms with E-state index in [4.69, 9.17) is 9.68 Å². The lowest BCUT2D eigenvalue weighted by Gasteiger charge is -2.33. The van der Waals surface area contributed by atoms with Gasteiger partial charge in [0.15, 0.2) is 0 Å². The van der Waals surface area contributed by atoms with Crippen LogP contribution >= 0.6 is 0 Å². The molecule has 5 fully saturated rings. The van der Waals surface area contributed by atoms with Gasteiger partial charge in [-0.1, -0.05) is 107 Å². The highest BCUT2D eigenvalue weighted by Crippen LogP contribution is 2.30. The molecule has 7 N–H and O–H groups in total. The van der Waals surface area contributed by atoms with Gasteiger partial charge in [0.25, 0.3) is 59.1 Å². The van der Waals surface area contributed by atoms with E-state index in [-0.39, 0.29) is 85.3 Å². The van der Waals surface area contributed by atoms with Crippen molar-refractivity contribution in [2.24, 2.45) is 10.3 Å². The minimum atomic E-state index is -0.687. The number of aliphatic hydroxyl groups is 2. The van der Waals surface area contributed by atoms with E-state index < -0.39 is 33.4 Å². The number of nitrogens with one attached hydrogen (secondary N) is 2. The lowest BCUT2D eigenvalue weighted by molar-refractivity contribution is 0.0655. The Morgan fingerprint density at radius 2 is 0.696 bits per heavy atom. The Labute approximate surface area is 650 Å². The molecule has 0 radical (unpaired) electrons. The number of aliphatic hydroxyl groups excluding tert-OH is 2. The van der Waals surface area contributed by atoms with E-state index in [9.17, 15) is 73.2 Å². The van der Waals surface area contributed by atoms with Crippen molar-refractivity contribution in [3.63, 3.8) is 0 Å². The van der Waals surface area contributed by atoms with Gasteiger partial charge in [-0.25, -0.2) is 0 Å². The lowest BCUT2D eigenvalue weighted by Crippen LogP contribution is -2.47. The second-order valence-electron chi connectivity index (χ2n) is 28.0. The molecular weight excluding hydrogens is 1430 g/mol. The molecule has 32 heteroatoms. The maximum absolute atomic E-state index is 12.4. The van der Waals surface area contributed by atoms with Crippen molar-refractivity contribution in [2.75, 3.05) is 112 Å². The third-order valence-corrected chi connectivity index (χ3v) is 21.0. The van der Waals surface area contributed by atoms with E-state index in [0.29, 0.717) is 120 Å². The molecule has 0 bridgehead atoms. The number of imide groups is 5. The predicted octanol–water partition coefficient (Wildman–Crippen LogP) is 4.60. The molecular formula is C80H91B3N12O17. The zero-order valence-corrected chi connectivity index (χ0v) is 63.3. The van der Waals surface area contributed by atoms with Crippen LogP contribution in [0.2, 0.25) is 20.5 Å². The Morgan fingerprint density at radius 3 is 1.04 bits per heavy atom. The molecule has 0 spiro atoms. The summed E-state index contributed by atoms with van der Waals surface area (Å²) in [5.74, 6) is -2.55. The highest BCUT2D eigenvalue weighted by Gasteiger charge is 2.40. The van der Waals surface area contributed by atoms with E-state index >= 15 is 0 Å². The fourth-order valence-electron chi connectivity index (χ4n) is 14.5. The predicted molar refractivity (Wildman–Crippen MR) is 420 cm³/mol. The summed E-state index contributed by atoms with van der Waals surface area (Å²) in [5, 5.41) is 63.1. The molecule has 582 valence electrons. The van der Waals surface area contributed by atoms with Gasteiger partial charge in [0, 0.05) is 58.9 Å². The molecule has 15 rings (SSSR count). The summed E-state index contributed by atoms with van der Waals surface area (Å²) in [7, 11) is 1.39. The van der Waals surface area contributed by atoms with Gasteiger partial charge < -0.3 is 60.0 Å². The quantitative estimate of drug-likeness (QED) is 0.0326. The zero-order valence-electron chi connectivity index (χ0n) is 63.3. The summed E-state index contributed by atoms with van der Waals surface area (Å²) < 4.78 is 0. The number of piperidine rings is 5. The lowest BCUT2D eigenvalue weighted by atomic mass is 9.81. The number of carbonyl (C=O) groups excluding carboxylic acids is 10. The number of oxime groups is 2. The summed E-state index contributed by atoms with van der Waals surface area (Å²) in [4.78, 5) is 144. The second kappa shape index (κ2) is 38.0. The Bertz CT molecular complexity index is 4510. The fourth-order valence-corrected chi connectivity index (χ4v) is 14.5. The smallest absolute Gasteiger partial charge is 0.376 e. The van der Waals surface area contributed by atoms with Crippen LogP contribution in [-0.4, -0.2) is 280 Å². The minimum Gasteiger partial charge on any atom is -0.437 e. The van der Waals surface area contributed by atoms with Gasteiger partial charge in [0.05, 0.1) is 79.3 Å². The van der Waals surface area contributed by atoms with Crippen molar-refractivity contribution >= 4 is 91.6 Å². The van der Waals surface area contributed by atoms with E-state index in [2.05, 4.69) is 20.9 Å². The van der Waals surface area contributed by atoms with Crippen LogP contribution in [0.1, 0.15) is 142 Å². The van der Waals surface area contributed by atoms with Gasteiger partial charge in [0.2, 0.25) is 0 Å².